The van der Waals surface area contributed by atoms with Gasteiger partial charge in [0.15, 0.2) is 0 Å². The number of nitrogens with zero attached hydrogens (tertiary/aromatic N) is 2. The molecule has 0 radical (unpaired) electrons. The molecule has 3 unspecified atom stereocenters. The number of rotatable bonds is 4. The first-order valence-electron chi connectivity index (χ1n) is 6.33. The summed E-state index contributed by atoms with van der Waals surface area (Å²) in [6, 6.07) is 3.01. The van der Waals surface area contributed by atoms with Crippen LogP contribution in [0.2, 0.25) is 0 Å². The molecule has 1 aliphatic carbocycles. The van der Waals surface area contributed by atoms with Crippen molar-refractivity contribution in [3.8, 4) is 6.07 Å². The van der Waals surface area contributed by atoms with Crippen molar-refractivity contribution in [3.05, 3.63) is 0 Å². The van der Waals surface area contributed by atoms with Gasteiger partial charge in [-0.05, 0) is 39.8 Å². The first-order chi connectivity index (χ1) is 7.52. The topological polar surface area (TPSA) is 39.1 Å². The molecule has 0 aromatic rings. The second-order valence-electron chi connectivity index (χ2n) is 5.44. The lowest BCUT2D eigenvalue weighted by Crippen LogP contribution is -2.52. The van der Waals surface area contributed by atoms with Gasteiger partial charge in [0.2, 0.25) is 0 Å². The van der Waals surface area contributed by atoms with E-state index in [4.69, 9.17) is 5.26 Å². The highest BCUT2D eigenvalue weighted by molar-refractivity contribution is 5.05. The molecule has 0 aromatic carbocycles. The van der Waals surface area contributed by atoms with Crippen LogP contribution in [0.5, 0.6) is 0 Å². The Balaban J connectivity index is 2.57. The van der Waals surface area contributed by atoms with Crippen LogP contribution in [0.4, 0.5) is 0 Å². The molecule has 1 rings (SSSR count). The average molecular weight is 223 g/mol. The van der Waals surface area contributed by atoms with E-state index < -0.39 is 5.54 Å². The maximum absolute atomic E-state index is 9.16. The van der Waals surface area contributed by atoms with E-state index in [0.717, 1.165) is 12.5 Å². The lowest BCUT2D eigenvalue weighted by atomic mass is 9.84. The molecule has 0 amide bonds. The zero-order valence-electron chi connectivity index (χ0n) is 11.1. The van der Waals surface area contributed by atoms with Gasteiger partial charge in [0.25, 0.3) is 0 Å². The molecule has 3 atom stereocenters. The molecule has 3 nitrogen and oxygen atoms in total. The Bertz CT molecular complexity index is 258. The van der Waals surface area contributed by atoms with Crippen LogP contribution in [0.1, 0.15) is 39.5 Å². The Hall–Kier alpha value is -0.590. The molecular formula is C13H25N3. The Kier molecular flexibility index (Phi) is 4.76. The summed E-state index contributed by atoms with van der Waals surface area (Å²) >= 11 is 0. The molecule has 1 saturated carbocycles. The van der Waals surface area contributed by atoms with Crippen LogP contribution in [0.15, 0.2) is 0 Å². The third kappa shape index (κ3) is 3.20. The maximum Gasteiger partial charge on any atom is 0.116 e. The second kappa shape index (κ2) is 5.65. The van der Waals surface area contributed by atoms with Crippen molar-refractivity contribution in [1.82, 2.24) is 10.2 Å². The predicted molar refractivity (Wildman–Crippen MR) is 67.1 cm³/mol. The molecule has 0 aromatic heterocycles. The van der Waals surface area contributed by atoms with Gasteiger partial charge in [0.05, 0.1) is 6.07 Å². The summed E-state index contributed by atoms with van der Waals surface area (Å²) in [7, 11) is 4.01. The third-order valence-corrected chi connectivity index (χ3v) is 4.00. The molecular weight excluding hydrogens is 198 g/mol. The minimum Gasteiger partial charge on any atom is -0.302 e. The zero-order valence-corrected chi connectivity index (χ0v) is 11.1. The van der Waals surface area contributed by atoms with Gasteiger partial charge in [-0.1, -0.05) is 19.8 Å². The minimum atomic E-state index is -0.425. The predicted octanol–water partition coefficient (Wildman–Crippen LogP) is 2.00. The van der Waals surface area contributed by atoms with Crippen molar-refractivity contribution in [2.45, 2.75) is 51.1 Å². The van der Waals surface area contributed by atoms with Gasteiger partial charge < -0.3 is 10.2 Å². The number of hydrogen-bond donors (Lipinski definition) is 1. The van der Waals surface area contributed by atoms with Gasteiger partial charge in [-0.15, -0.1) is 0 Å². The standard InChI is InChI=1S/C13H25N3/c1-11-7-5-6-8-12(11)16(4)10-13(2,9-14)15-3/h11-12,15H,5-8,10H2,1-4H3. The van der Waals surface area contributed by atoms with E-state index in [2.05, 4.69) is 30.3 Å². The highest BCUT2D eigenvalue weighted by atomic mass is 15.2. The normalized spacial score (nSPS) is 29.8. The van der Waals surface area contributed by atoms with Gasteiger partial charge in [-0.2, -0.15) is 5.26 Å². The number of hydrogen-bond acceptors (Lipinski definition) is 3. The summed E-state index contributed by atoms with van der Waals surface area (Å²) < 4.78 is 0. The van der Waals surface area contributed by atoms with Crippen LogP contribution < -0.4 is 5.32 Å². The summed E-state index contributed by atoms with van der Waals surface area (Å²) in [5.41, 5.74) is -0.425. The van der Waals surface area contributed by atoms with E-state index in [1.807, 2.05) is 14.0 Å². The minimum absolute atomic E-state index is 0.425. The average Bonchev–Trinajstić information content (AvgIpc) is 2.29. The number of likely N-dealkylation sites (N-methyl/N-ethyl adjacent to an activating group) is 2. The second-order valence-corrected chi connectivity index (χ2v) is 5.44. The SMILES string of the molecule is CNC(C)(C#N)CN(C)C1CCCCC1C. The Morgan fingerprint density at radius 3 is 2.56 bits per heavy atom. The molecule has 16 heavy (non-hydrogen) atoms. The molecule has 0 heterocycles. The Morgan fingerprint density at radius 2 is 2.06 bits per heavy atom. The number of nitriles is 1. The van der Waals surface area contributed by atoms with Crippen molar-refractivity contribution in [2.75, 3.05) is 20.6 Å². The van der Waals surface area contributed by atoms with Gasteiger partial charge in [-0.25, -0.2) is 0 Å². The zero-order chi connectivity index (χ0) is 12.2. The van der Waals surface area contributed by atoms with Crippen molar-refractivity contribution >= 4 is 0 Å². The smallest absolute Gasteiger partial charge is 0.116 e. The summed E-state index contributed by atoms with van der Waals surface area (Å²) in [4.78, 5) is 2.36. The summed E-state index contributed by atoms with van der Waals surface area (Å²) in [6.45, 7) is 5.11. The van der Waals surface area contributed by atoms with Gasteiger partial charge in [0, 0.05) is 12.6 Å². The fourth-order valence-corrected chi connectivity index (χ4v) is 2.74. The van der Waals surface area contributed by atoms with Crippen molar-refractivity contribution in [1.29, 1.82) is 5.26 Å². The van der Waals surface area contributed by atoms with Gasteiger partial charge in [0.1, 0.15) is 5.54 Å². The molecule has 3 heteroatoms. The quantitative estimate of drug-likeness (QED) is 0.792. The first kappa shape index (κ1) is 13.5. The lowest BCUT2D eigenvalue weighted by molar-refractivity contribution is 0.120. The monoisotopic (exact) mass is 223 g/mol. The van der Waals surface area contributed by atoms with Crippen molar-refractivity contribution < 1.29 is 0 Å². The van der Waals surface area contributed by atoms with E-state index in [1.165, 1.54) is 25.7 Å². The summed E-state index contributed by atoms with van der Waals surface area (Å²) in [6.07, 6.45) is 5.32. The van der Waals surface area contributed by atoms with Crippen LogP contribution in [0, 0.1) is 17.2 Å². The number of nitrogens with one attached hydrogen (secondary N) is 1. The van der Waals surface area contributed by atoms with Crippen LogP contribution in [0.3, 0.4) is 0 Å². The van der Waals surface area contributed by atoms with Crippen LogP contribution in [0.25, 0.3) is 0 Å². The third-order valence-electron chi connectivity index (χ3n) is 4.00. The van der Waals surface area contributed by atoms with E-state index >= 15 is 0 Å². The van der Waals surface area contributed by atoms with Crippen LogP contribution in [-0.4, -0.2) is 37.1 Å². The molecule has 1 N–H and O–H groups in total. The van der Waals surface area contributed by atoms with E-state index in [-0.39, 0.29) is 0 Å². The van der Waals surface area contributed by atoms with Crippen molar-refractivity contribution in [2.24, 2.45) is 5.92 Å². The van der Waals surface area contributed by atoms with E-state index in [1.54, 1.807) is 0 Å². The molecule has 0 spiro atoms. The molecule has 0 saturated heterocycles. The van der Waals surface area contributed by atoms with Crippen LogP contribution in [-0.2, 0) is 0 Å². The van der Waals surface area contributed by atoms with Crippen LogP contribution >= 0.6 is 0 Å². The van der Waals surface area contributed by atoms with E-state index in [9.17, 15) is 0 Å². The van der Waals surface area contributed by atoms with Gasteiger partial charge >= 0.3 is 0 Å². The summed E-state index contributed by atoms with van der Waals surface area (Å²) in [5.74, 6) is 0.763. The van der Waals surface area contributed by atoms with Gasteiger partial charge in [-0.3, -0.25) is 0 Å². The largest absolute Gasteiger partial charge is 0.302 e. The highest BCUT2D eigenvalue weighted by Crippen LogP contribution is 2.27. The van der Waals surface area contributed by atoms with E-state index in [0.29, 0.717) is 6.04 Å². The lowest BCUT2D eigenvalue weighted by Gasteiger charge is -2.39. The highest BCUT2D eigenvalue weighted by Gasteiger charge is 2.30. The fourth-order valence-electron chi connectivity index (χ4n) is 2.74. The molecule has 1 fully saturated rings. The first-order valence-corrected chi connectivity index (χ1v) is 6.33. The van der Waals surface area contributed by atoms with Crippen molar-refractivity contribution in [3.63, 3.8) is 0 Å². The molecule has 0 bridgehead atoms. The Labute approximate surface area is 99.8 Å². The Morgan fingerprint density at radius 1 is 1.44 bits per heavy atom. The molecule has 92 valence electrons. The maximum atomic E-state index is 9.16. The molecule has 1 aliphatic rings. The molecule has 0 aliphatic heterocycles. The summed E-state index contributed by atoms with van der Waals surface area (Å²) in [5, 5.41) is 12.3. The fraction of sp³-hybridized carbons (Fsp3) is 0.923.